The number of aliphatic hydroxyl groups is 1. The Morgan fingerprint density at radius 1 is 1.28 bits per heavy atom. The molecule has 0 bridgehead atoms. The summed E-state index contributed by atoms with van der Waals surface area (Å²) in [4.78, 5) is 23.5. The number of ether oxygens (including phenoxy) is 1. The zero-order valence-corrected chi connectivity index (χ0v) is 20.0. The molecule has 0 saturated carbocycles. The van der Waals surface area contributed by atoms with E-state index in [1.807, 2.05) is 11.4 Å². The van der Waals surface area contributed by atoms with Crippen molar-refractivity contribution in [2.24, 2.45) is 5.92 Å². The van der Waals surface area contributed by atoms with E-state index in [1.165, 1.54) is 22.5 Å². The van der Waals surface area contributed by atoms with Gasteiger partial charge in [0.15, 0.2) is 0 Å². The summed E-state index contributed by atoms with van der Waals surface area (Å²) in [5.74, 6) is 3.38. The quantitative estimate of drug-likeness (QED) is 0.361. The van der Waals surface area contributed by atoms with Gasteiger partial charge in [0.2, 0.25) is 0 Å². The maximum absolute atomic E-state index is 13.0. The van der Waals surface area contributed by atoms with E-state index in [1.54, 1.807) is 0 Å². The molecule has 6 nitrogen and oxygen atoms in total. The summed E-state index contributed by atoms with van der Waals surface area (Å²) >= 11 is 1.48. The van der Waals surface area contributed by atoms with E-state index < -0.39 is 6.10 Å². The van der Waals surface area contributed by atoms with Crippen LogP contribution >= 0.6 is 11.3 Å². The fourth-order valence-corrected chi connectivity index (χ4v) is 4.69. The second-order valence-electron chi connectivity index (χ2n) is 8.60. The van der Waals surface area contributed by atoms with Crippen molar-refractivity contribution in [3.8, 4) is 23.5 Å². The summed E-state index contributed by atoms with van der Waals surface area (Å²) in [6, 6.07) is 6.23. The normalized spacial score (nSPS) is 12.6. The van der Waals surface area contributed by atoms with Gasteiger partial charge in [0.25, 0.3) is 5.56 Å². The van der Waals surface area contributed by atoms with Crippen molar-refractivity contribution in [3.63, 3.8) is 0 Å². The highest BCUT2D eigenvalue weighted by Gasteiger charge is 2.18. The molecule has 1 atom stereocenters. The number of fused-ring (bicyclic) bond motifs is 1. The first kappa shape index (κ1) is 24.1. The molecule has 32 heavy (non-hydrogen) atoms. The van der Waals surface area contributed by atoms with Gasteiger partial charge in [-0.2, -0.15) is 0 Å². The van der Waals surface area contributed by atoms with Crippen LogP contribution in [-0.2, 0) is 11.3 Å². The number of aromatic nitrogens is 2. The van der Waals surface area contributed by atoms with E-state index in [4.69, 9.17) is 16.1 Å². The van der Waals surface area contributed by atoms with Crippen LogP contribution < -0.4 is 5.56 Å². The monoisotopic (exact) mass is 453 g/mol. The van der Waals surface area contributed by atoms with E-state index in [-0.39, 0.29) is 18.8 Å². The van der Waals surface area contributed by atoms with Crippen molar-refractivity contribution >= 4 is 21.6 Å². The molecule has 0 aliphatic heterocycles. The summed E-state index contributed by atoms with van der Waals surface area (Å²) in [5.41, 5.74) is 4.21. The number of hydrogen-bond donors (Lipinski definition) is 2. The van der Waals surface area contributed by atoms with Crippen molar-refractivity contribution in [2.75, 3.05) is 26.3 Å². The summed E-state index contributed by atoms with van der Waals surface area (Å²) in [7, 11) is 0. The zero-order chi connectivity index (χ0) is 23.3. The molecule has 3 aromatic rings. The lowest BCUT2D eigenvalue weighted by atomic mass is 10.0. The molecule has 7 heteroatoms. The van der Waals surface area contributed by atoms with E-state index in [9.17, 15) is 9.90 Å². The first-order valence-electron chi connectivity index (χ1n) is 10.8. The second kappa shape index (κ2) is 10.9. The molecular formula is C25H31N3O3S. The van der Waals surface area contributed by atoms with Gasteiger partial charge in [-0.15, -0.1) is 17.8 Å². The molecular weight excluding hydrogens is 422 g/mol. The highest BCUT2D eigenvalue weighted by atomic mass is 32.1. The van der Waals surface area contributed by atoms with Crippen LogP contribution in [0.4, 0.5) is 0 Å². The fraction of sp³-hybridized carbons (Fsp3) is 0.440. The molecule has 1 aromatic carbocycles. The Hall–Kier alpha value is -2.50. The fourth-order valence-electron chi connectivity index (χ4n) is 3.73. The maximum Gasteiger partial charge on any atom is 0.260 e. The number of nitrogens with one attached hydrogen (secondary N) is 1. The van der Waals surface area contributed by atoms with Crippen LogP contribution in [0.25, 0.3) is 21.3 Å². The zero-order valence-electron chi connectivity index (χ0n) is 19.1. The van der Waals surface area contributed by atoms with E-state index in [0.29, 0.717) is 30.2 Å². The van der Waals surface area contributed by atoms with Crippen molar-refractivity contribution in [1.82, 2.24) is 14.9 Å². The largest absolute Gasteiger partial charge is 0.389 e. The van der Waals surface area contributed by atoms with Gasteiger partial charge in [-0.1, -0.05) is 38.0 Å². The summed E-state index contributed by atoms with van der Waals surface area (Å²) < 4.78 is 5.25. The summed E-state index contributed by atoms with van der Waals surface area (Å²) in [5, 5.41) is 12.9. The Kier molecular flexibility index (Phi) is 8.21. The average Bonchev–Trinajstić information content (AvgIpc) is 3.14. The SMILES string of the molecule is C#CCOCC(O)CN(Cc1nc2scc(-c3ccc(C)c(C)c3)c2c(=O)[nH]1)CC(C)C. The number of rotatable bonds is 10. The molecule has 2 heterocycles. The molecule has 170 valence electrons. The first-order chi connectivity index (χ1) is 15.3. The molecule has 0 saturated heterocycles. The second-order valence-corrected chi connectivity index (χ2v) is 9.46. The summed E-state index contributed by atoms with van der Waals surface area (Å²) in [6.07, 6.45) is 4.52. The Balaban J connectivity index is 1.84. The number of hydrogen-bond acceptors (Lipinski definition) is 6. The predicted octanol–water partition coefficient (Wildman–Crippen LogP) is 3.74. The van der Waals surface area contributed by atoms with Gasteiger partial charge in [-0.25, -0.2) is 4.98 Å². The Labute approximate surface area is 193 Å². The lowest BCUT2D eigenvalue weighted by molar-refractivity contribution is 0.0232. The number of nitrogens with zero attached hydrogens (tertiary/aromatic N) is 2. The Morgan fingerprint density at radius 2 is 2.06 bits per heavy atom. The minimum atomic E-state index is -0.671. The standard InChI is InChI=1S/C25H31N3O3S/c1-6-9-31-14-20(29)12-28(11-16(2)3)13-22-26-24(30)23-21(15-32-25(23)27-22)19-8-7-17(4)18(5)10-19/h1,7-8,10,15-16,20,29H,9,11-14H2,2-5H3,(H,26,27,30). The average molecular weight is 454 g/mol. The van der Waals surface area contributed by atoms with Crippen molar-refractivity contribution in [1.29, 1.82) is 0 Å². The van der Waals surface area contributed by atoms with Crippen LogP contribution in [0.3, 0.4) is 0 Å². The van der Waals surface area contributed by atoms with Crippen molar-refractivity contribution in [3.05, 3.63) is 50.9 Å². The van der Waals surface area contributed by atoms with E-state index in [0.717, 1.165) is 22.5 Å². The van der Waals surface area contributed by atoms with Crippen LogP contribution in [0, 0.1) is 32.1 Å². The molecule has 2 aromatic heterocycles. The molecule has 0 aliphatic carbocycles. The minimum Gasteiger partial charge on any atom is -0.389 e. The van der Waals surface area contributed by atoms with Crippen LogP contribution in [0.1, 0.15) is 30.8 Å². The van der Waals surface area contributed by atoms with Gasteiger partial charge in [-0.05, 0) is 36.5 Å². The summed E-state index contributed by atoms with van der Waals surface area (Å²) in [6.45, 7) is 10.3. The topological polar surface area (TPSA) is 78.5 Å². The van der Waals surface area contributed by atoms with Gasteiger partial charge in [-0.3, -0.25) is 9.69 Å². The lowest BCUT2D eigenvalue weighted by Gasteiger charge is -2.26. The third-order valence-electron chi connectivity index (χ3n) is 5.27. The molecule has 1 unspecified atom stereocenters. The lowest BCUT2D eigenvalue weighted by Crippen LogP contribution is -2.37. The highest BCUT2D eigenvalue weighted by Crippen LogP contribution is 2.31. The number of H-pyrrole nitrogens is 1. The smallest absolute Gasteiger partial charge is 0.260 e. The Morgan fingerprint density at radius 3 is 2.75 bits per heavy atom. The van der Waals surface area contributed by atoms with Crippen LogP contribution in [0.15, 0.2) is 28.4 Å². The van der Waals surface area contributed by atoms with Crippen molar-refractivity contribution in [2.45, 2.75) is 40.3 Å². The van der Waals surface area contributed by atoms with E-state index in [2.05, 4.69) is 55.6 Å². The molecule has 2 N–H and O–H groups in total. The Bertz CT molecular complexity index is 1160. The van der Waals surface area contributed by atoms with Crippen molar-refractivity contribution < 1.29 is 9.84 Å². The molecule has 0 aliphatic rings. The highest BCUT2D eigenvalue weighted by molar-refractivity contribution is 7.17. The third-order valence-corrected chi connectivity index (χ3v) is 6.14. The van der Waals surface area contributed by atoms with Crippen LogP contribution in [-0.4, -0.2) is 52.4 Å². The first-order valence-corrected chi connectivity index (χ1v) is 11.7. The number of thiophene rings is 1. The van der Waals surface area contributed by atoms with Crippen LogP contribution in [0.5, 0.6) is 0 Å². The molecule has 0 radical (unpaired) electrons. The van der Waals surface area contributed by atoms with Gasteiger partial charge in [0.05, 0.1) is 24.6 Å². The molecule has 0 fully saturated rings. The maximum atomic E-state index is 13.0. The van der Waals surface area contributed by atoms with Gasteiger partial charge in [0.1, 0.15) is 17.3 Å². The molecule has 3 rings (SSSR count). The van der Waals surface area contributed by atoms with E-state index >= 15 is 0 Å². The van der Waals surface area contributed by atoms with Gasteiger partial charge < -0.3 is 14.8 Å². The number of aliphatic hydroxyl groups excluding tert-OH is 1. The molecule has 0 amide bonds. The predicted molar refractivity (Wildman–Crippen MR) is 131 cm³/mol. The van der Waals surface area contributed by atoms with Crippen LogP contribution in [0.2, 0.25) is 0 Å². The number of terminal acetylenes is 1. The van der Waals surface area contributed by atoms with Gasteiger partial charge >= 0.3 is 0 Å². The molecule has 0 spiro atoms. The number of aryl methyl sites for hydroxylation is 2. The number of aromatic amines is 1. The van der Waals surface area contributed by atoms with Gasteiger partial charge in [0, 0.05) is 24.0 Å². The third kappa shape index (κ3) is 6.05. The number of benzene rings is 1. The minimum absolute atomic E-state index is 0.137.